The minimum atomic E-state index is -0.291. The van der Waals surface area contributed by atoms with Gasteiger partial charge in [0, 0.05) is 18.8 Å². The van der Waals surface area contributed by atoms with Gasteiger partial charge < -0.3 is 25.8 Å². The van der Waals surface area contributed by atoms with Crippen LogP contribution in [-0.4, -0.2) is 49.9 Å². The van der Waals surface area contributed by atoms with Gasteiger partial charge in [-0.1, -0.05) is 19.9 Å². The standard InChI is InChI=1S/C19H31N3O3/c1-13(2)18-19(24)21-15(12-23)10-14-6-7-16(11-17(14)22(18)3)25-9-5-4-8-20/h6-7,11,13,15,18,23H,4-5,8-10,12,20H2,1-3H3,(H,21,24)/t15-,18-/m0/s1. The predicted octanol–water partition coefficient (Wildman–Crippen LogP) is 1.30. The smallest absolute Gasteiger partial charge is 0.243 e. The van der Waals surface area contributed by atoms with Gasteiger partial charge >= 0.3 is 0 Å². The first-order valence-corrected chi connectivity index (χ1v) is 9.07. The molecule has 2 rings (SSSR count). The molecule has 0 unspecified atom stereocenters. The molecule has 1 amide bonds. The topological polar surface area (TPSA) is 87.8 Å². The van der Waals surface area contributed by atoms with Crippen molar-refractivity contribution in [1.82, 2.24) is 5.32 Å². The number of rotatable bonds is 7. The Morgan fingerprint density at radius 1 is 1.40 bits per heavy atom. The van der Waals surface area contributed by atoms with Crippen molar-refractivity contribution in [3.63, 3.8) is 0 Å². The minimum absolute atomic E-state index is 0.0449. The van der Waals surface area contributed by atoms with Crippen molar-refractivity contribution in [2.45, 2.75) is 45.2 Å². The summed E-state index contributed by atoms with van der Waals surface area (Å²) in [6, 6.07) is 5.43. The number of fused-ring (bicyclic) bond motifs is 1. The van der Waals surface area contributed by atoms with Crippen molar-refractivity contribution >= 4 is 11.6 Å². The lowest BCUT2D eigenvalue weighted by atomic mass is 9.95. The molecule has 6 heteroatoms. The summed E-state index contributed by atoms with van der Waals surface area (Å²) in [5.41, 5.74) is 7.60. The van der Waals surface area contributed by atoms with Crippen molar-refractivity contribution in [2.24, 2.45) is 11.7 Å². The Balaban J connectivity index is 2.29. The molecule has 0 radical (unpaired) electrons. The Labute approximate surface area is 150 Å². The number of hydrogen-bond acceptors (Lipinski definition) is 5. The number of benzene rings is 1. The van der Waals surface area contributed by atoms with Crippen molar-refractivity contribution in [2.75, 3.05) is 31.7 Å². The highest BCUT2D eigenvalue weighted by atomic mass is 16.5. The zero-order valence-electron chi connectivity index (χ0n) is 15.5. The van der Waals surface area contributed by atoms with Gasteiger partial charge in [-0.15, -0.1) is 0 Å². The number of aliphatic hydroxyl groups excluding tert-OH is 1. The van der Waals surface area contributed by atoms with Crippen molar-refractivity contribution in [1.29, 1.82) is 0 Å². The molecule has 1 aliphatic heterocycles. The number of hydrogen-bond donors (Lipinski definition) is 3. The van der Waals surface area contributed by atoms with E-state index in [-0.39, 0.29) is 30.5 Å². The molecule has 0 aromatic heterocycles. The first-order chi connectivity index (χ1) is 12.0. The minimum Gasteiger partial charge on any atom is -0.494 e. The molecule has 140 valence electrons. The van der Waals surface area contributed by atoms with Crippen molar-refractivity contribution < 1.29 is 14.6 Å². The number of nitrogens with two attached hydrogens (primary N) is 1. The average molecular weight is 349 g/mol. The van der Waals surface area contributed by atoms with Gasteiger partial charge in [-0.05, 0) is 43.4 Å². The van der Waals surface area contributed by atoms with Crippen LogP contribution in [0.15, 0.2) is 18.2 Å². The maximum absolute atomic E-state index is 12.6. The zero-order chi connectivity index (χ0) is 18.4. The number of carbonyl (C=O) groups excluding carboxylic acids is 1. The predicted molar refractivity (Wildman–Crippen MR) is 100.0 cm³/mol. The van der Waals surface area contributed by atoms with Crippen molar-refractivity contribution in [3.8, 4) is 5.75 Å². The Morgan fingerprint density at radius 3 is 2.80 bits per heavy atom. The van der Waals surface area contributed by atoms with E-state index in [2.05, 4.69) is 5.32 Å². The van der Waals surface area contributed by atoms with Crippen molar-refractivity contribution in [3.05, 3.63) is 23.8 Å². The number of ether oxygens (including phenoxy) is 1. The molecular formula is C19H31N3O3. The van der Waals surface area contributed by atoms with Gasteiger partial charge in [0.2, 0.25) is 5.91 Å². The molecule has 1 heterocycles. The van der Waals surface area contributed by atoms with Crippen LogP contribution in [0.1, 0.15) is 32.3 Å². The molecule has 2 atom stereocenters. The Kier molecular flexibility index (Phi) is 7.08. The molecule has 6 nitrogen and oxygen atoms in total. The van der Waals surface area contributed by atoms with Gasteiger partial charge in [0.15, 0.2) is 0 Å². The number of anilines is 1. The molecule has 0 saturated heterocycles. The summed E-state index contributed by atoms with van der Waals surface area (Å²) in [6.07, 6.45) is 2.46. The van der Waals surface area contributed by atoms with Crippen LogP contribution in [0, 0.1) is 5.92 Å². The molecule has 0 spiro atoms. The number of nitrogens with zero attached hydrogens (tertiary/aromatic N) is 1. The van der Waals surface area contributed by atoms with Crippen LogP contribution in [0.4, 0.5) is 5.69 Å². The van der Waals surface area contributed by atoms with E-state index in [0.29, 0.717) is 19.6 Å². The van der Waals surface area contributed by atoms with Gasteiger partial charge in [-0.3, -0.25) is 4.79 Å². The molecule has 0 aliphatic carbocycles. The number of likely N-dealkylation sites (N-methyl/N-ethyl adjacent to an activating group) is 1. The Hall–Kier alpha value is -1.79. The lowest BCUT2D eigenvalue weighted by Crippen LogP contribution is -2.54. The fraction of sp³-hybridized carbons (Fsp3) is 0.632. The third-order valence-corrected chi connectivity index (χ3v) is 4.65. The molecular weight excluding hydrogens is 318 g/mol. The third kappa shape index (κ3) is 4.86. The Bertz CT molecular complexity index is 577. The van der Waals surface area contributed by atoms with Crippen LogP contribution in [0.3, 0.4) is 0 Å². The van der Waals surface area contributed by atoms with Crippen LogP contribution < -0.4 is 20.7 Å². The molecule has 0 bridgehead atoms. The molecule has 1 aliphatic rings. The third-order valence-electron chi connectivity index (χ3n) is 4.65. The van der Waals surface area contributed by atoms with Gasteiger partial charge in [0.25, 0.3) is 0 Å². The zero-order valence-corrected chi connectivity index (χ0v) is 15.5. The first kappa shape index (κ1) is 19.5. The van der Waals surface area contributed by atoms with E-state index in [1.54, 1.807) is 0 Å². The SMILES string of the molecule is CC(C)[C@H]1C(=O)N[C@H](CO)Cc2ccc(OCCCCN)cc2N1C. The molecule has 25 heavy (non-hydrogen) atoms. The normalized spacial score (nSPS) is 20.7. The van der Waals surface area contributed by atoms with Crippen LogP contribution >= 0.6 is 0 Å². The highest BCUT2D eigenvalue weighted by Gasteiger charge is 2.32. The van der Waals surface area contributed by atoms with Gasteiger partial charge in [-0.25, -0.2) is 0 Å². The van der Waals surface area contributed by atoms with Gasteiger partial charge in [-0.2, -0.15) is 0 Å². The summed E-state index contributed by atoms with van der Waals surface area (Å²) in [4.78, 5) is 14.6. The molecule has 0 saturated carbocycles. The molecule has 1 aromatic carbocycles. The number of nitrogens with one attached hydrogen (secondary N) is 1. The van der Waals surface area contributed by atoms with E-state index in [0.717, 1.165) is 29.8 Å². The van der Waals surface area contributed by atoms with Crippen LogP contribution in [0.5, 0.6) is 5.75 Å². The van der Waals surface area contributed by atoms with E-state index < -0.39 is 0 Å². The summed E-state index contributed by atoms with van der Waals surface area (Å²) in [7, 11) is 1.94. The number of amides is 1. The quantitative estimate of drug-likeness (QED) is 0.646. The van der Waals surface area contributed by atoms with Gasteiger partial charge in [0.05, 0.1) is 19.3 Å². The highest BCUT2D eigenvalue weighted by Crippen LogP contribution is 2.31. The number of carbonyl (C=O) groups is 1. The monoisotopic (exact) mass is 349 g/mol. The summed E-state index contributed by atoms with van der Waals surface area (Å²) in [5, 5.41) is 12.6. The maximum Gasteiger partial charge on any atom is 0.243 e. The van der Waals surface area contributed by atoms with E-state index >= 15 is 0 Å². The van der Waals surface area contributed by atoms with E-state index in [1.165, 1.54) is 0 Å². The molecule has 4 N–H and O–H groups in total. The van der Waals surface area contributed by atoms with Crippen LogP contribution in [0.2, 0.25) is 0 Å². The largest absolute Gasteiger partial charge is 0.494 e. The lowest BCUT2D eigenvalue weighted by Gasteiger charge is -2.37. The highest BCUT2D eigenvalue weighted by molar-refractivity contribution is 5.86. The first-order valence-electron chi connectivity index (χ1n) is 9.07. The van der Waals surface area contributed by atoms with Crippen LogP contribution in [0.25, 0.3) is 0 Å². The lowest BCUT2D eigenvalue weighted by molar-refractivity contribution is -0.124. The molecule has 0 fully saturated rings. The second-order valence-electron chi connectivity index (χ2n) is 7.03. The number of unbranched alkanes of at least 4 members (excludes halogenated alkanes) is 1. The number of aliphatic hydroxyl groups is 1. The van der Waals surface area contributed by atoms with E-state index in [4.69, 9.17) is 10.5 Å². The Morgan fingerprint density at radius 2 is 2.16 bits per heavy atom. The van der Waals surface area contributed by atoms with E-state index in [1.807, 2.05) is 44.0 Å². The fourth-order valence-electron chi connectivity index (χ4n) is 3.36. The summed E-state index contributed by atoms with van der Waals surface area (Å²) in [6.45, 7) is 5.29. The van der Waals surface area contributed by atoms with Crippen LogP contribution in [-0.2, 0) is 11.2 Å². The summed E-state index contributed by atoms with van der Waals surface area (Å²) in [5.74, 6) is 0.896. The van der Waals surface area contributed by atoms with Gasteiger partial charge in [0.1, 0.15) is 11.8 Å². The molecule has 1 aromatic rings. The maximum atomic E-state index is 12.6. The summed E-state index contributed by atoms with van der Waals surface area (Å²) >= 11 is 0. The average Bonchev–Trinajstić information content (AvgIpc) is 2.57. The second kappa shape index (κ2) is 9.06. The second-order valence-corrected chi connectivity index (χ2v) is 7.03. The summed E-state index contributed by atoms with van der Waals surface area (Å²) < 4.78 is 5.84. The fourth-order valence-corrected chi connectivity index (χ4v) is 3.36. The van der Waals surface area contributed by atoms with E-state index in [9.17, 15) is 9.90 Å².